The lowest BCUT2D eigenvalue weighted by atomic mass is 9.97. The number of rotatable bonds is 7. The van der Waals surface area contributed by atoms with E-state index in [0.29, 0.717) is 10.9 Å². The largest absolute Gasteiger partial charge is 0.325 e. The summed E-state index contributed by atoms with van der Waals surface area (Å²) in [7, 11) is 0. The molecule has 4 heteroatoms. The van der Waals surface area contributed by atoms with Crippen molar-refractivity contribution in [3.05, 3.63) is 64.7 Å². The van der Waals surface area contributed by atoms with Gasteiger partial charge in [-0.15, -0.1) is 0 Å². The van der Waals surface area contributed by atoms with Gasteiger partial charge in [0.15, 0.2) is 0 Å². The number of anilines is 1. The minimum atomic E-state index is -0.0356. The SMILES string of the molecule is CC[C@H](C)c1ccccc1NC(=O)CN[C@H](C)c1ccc(Cl)cc1. The van der Waals surface area contributed by atoms with E-state index in [-0.39, 0.29) is 18.5 Å². The van der Waals surface area contributed by atoms with Crippen LogP contribution in [0.3, 0.4) is 0 Å². The van der Waals surface area contributed by atoms with Crippen molar-refractivity contribution in [1.29, 1.82) is 0 Å². The van der Waals surface area contributed by atoms with E-state index in [0.717, 1.165) is 17.7 Å². The molecule has 0 spiro atoms. The molecule has 0 radical (unpaired) electrons. The molecule has 0 unspecified atom stereocenters. The second-order valence-corrected chi connectivity index (χ2v) is 6.54. The summed E-state index contributed by atoms with van der Waals surface area (Å²) < 4.78 is 0. The van der Waals surface area contributed by atoms with Crippen LogP contribution >= 0.6 is 11.6 Å². The smallest absolute Gasteiger partial charge is 0.238 e. The predicted molar refractivity (Wildman–Crippen MR) is 102 cm³/mol. The lowest BCUT2D eigenvalue weighted by molar-refractivity contribution is -0.115. The molecule has 2 aromatic rings. The highest BCUT2D eigenvalue weighted by Gasteiger charge is 2.12. The van der Waals surface area contributed by atoms with Crippen molar-refractivity contribution in [2.75, 3.05) is 11.9 Å². The van der Waals surface area contributed by atoms with Crippen LogP contribution in [0.5, 0.6) is 0 Å². The monoisotopic (exact) mass is 344 g/mol. The number of hydrogen-bond acceptors (Lipinski definition) is 2. The zero-order valence-electron chi connectivity index (χ0n) is 14.5. The van der Waals surface area contributed by atoms with Crippen molar-refractivity contribution >= 4 is 23.2 Å². The molecule has 1 amide bonds. The topological polar surface area (TPSA) is 41.1 Å². The lowest BCUT2D eigenvalue weighted by Crippen LogP contribution is -2.30. The number of para-hydroxylation sites is 1. The molecule has 0 bridgehead atoms. The quantitative estimate of drug-likeness (QED) is 0.729. The summed E-state index contributed by atoms with van der Waals surface area (Å²) >= 11 is 5.90. The second-order valence-electron chi connectivity index (χ2n) is 6.10. The van der Waals surface area contributed by atoms with E-state index in [1.165, 1.54) is 5.56 Å². The summed E-state index contributed by atoms with van der Waals surface area (Å²) in [6.45, 7) is 6.62. The predicted octanol–water partition coefficient (Wildman–Crippen LogP) is 5.14. The molecule has 2 N–H and O–H groups in total. The highest BCUT2D eigenvalue weighted by molar-refractivity contribution is 6.30. The molecule has 3 nitrogen and oxygen atoms in total. The number of benzene rings is 2. The van der Waals surface area contributed by atoms with Crippen LogP contribution in [0.4, 0.5) is 5.69 Å². The summed E-state index contributed by atoms with van der Waals surface area (Å²) in [5.41, 5.74) is 3.18. The summed E-state index contributed by atoms with van der Waals surface area (Å²) in [6.07, 6.45) is 1.04. The Bertz CT molecular complexity index is 670. The van der Waals surface area contributed by atoms with Gasteiger partial charge in [0, 0.05) is 16.8 Å². The van der Waals surface area contributed by atoms with Crippen molar-refractivity contribution in [2.24, 2.45) is 0 Å². The Morgan fingerprint density at radius 3 is 2.42 bits per heavy atom. The first-order valence-corrected chi connectivity index (χ1v) is 8.76. The highest BCUT2D eigenvalue weighted by atomic mass is 35.5. The average molecular weight is 345 g/mol. The van der Waals surface area contributed by atoms with Crippen LogP contribution in [0.15, 0.2) is 48.5 Å². The third-order valence-corrected chi connectivity index (χ3v) is 4.57. The minimum Gasteiger partial charge on any atom is -0.325 e. The number of carbonyl (C=O) groups excluding carboxylic acids is 1. The molecule has 2 atom stereocenters. The van der Waals surface area contributed by atoms with Gasteiger partial charge >= 0.3 is 0 Å². The molecular weight excluding hydrogens is 320 g/mol. The summed E-state index contributed by atoms with van der Waals surface area (Å²) in [5.74, 6) is 0.383. The fourth-order valence-corrected chi connectivity index (χ4v) is 2.70. The Labute approximate surface area is 149 Å². The Morgan fingerprint density at radius 1 is 1.08 bits per heavy atom. The zero-order chi connectivity index (χ0) is 17.5. The Hall–Kier alpha value is -1.84. The molecular formula is C20H25ClN2O. The number of nitrogens with one attached hydrogen (secondary N) is 2. The second kappa shape index (κ2) is 8.86. The molecule has 0 fully saturated rings. The summed E-state index contributed by atoms with van der Waals surface area (Å²) in [6, 6.07) is 15.7. The molecule has 0 saturated heterocycles. The molecule has 2 rings (SSSR count). The molecule has 0 aromatic heterocycles. The number of amides is 1. The standard InChI is InChI=1S/C20H25ClN2O/c1-4-14(2)18-7-5-6-8-19(18)23-20(24)13-22-15(3)16-9-11-17(21)12-10-16/h5-12,14-15,22H,4,13H2,1-3H3,(H,23,24)/t14-,15+/m0/s1. The van der Waals surface area contributed by atoms with Gasteiger partial charge in [-0.25, -0.2) is 0 Å². The molecule has 2 aromatic carbocycles. The Balaban J connectivity index is 1.93. The molecule has 128 valence electrons. The fourth-order valence-electron chi connectivity index (χ4n) is 2.57. The average Bonchev–Trinajstić information content (AvgIpc) is 2.60. The number of halogens is 1. The van der Waals surface area contributed by atoms with Gasteiger partial charge in [0.25, 0.3) is 0 Å². The first-order valence-electron chi connectivity index (χ1n) is 8.39. The molecule has 0 aliphatic rings. The van der Waals surface area contributed by atoms with Crippen LogP contribution in [0, 0.1) is 0 Å². The first kappa shape index (κ1) is 18.5. The first-order chi connectivity index (χ1) is 11.5. The van der Waals surface area contributed by atoms with Crippen molar-refractivity contribution in [3.8, 4) is 0 Å². The molecule has 0 saturated carbocycles. The van der Waals surface area contributed by atoms with Gasteiger partial charge in [-0.2, -0.15) is 0 Å². The van der Waals surface area contributed by atoms with Crippen LogP contribution in [-0.4, -0.2) is 12.5 Å². The number of hydrogen-bond donors (Lipinski definition) is 2. The van der Waals surface area contributed by atoms with Gasteiger partial charge in [-0.1, -0.05) is 55.8 Å². The van der Waals surface area contributed by atoms with E-state index in [4.69, 9.17) is 11.6 Å². The van der Waals surface area contributed by atoms with Crippen molar-refractivity contribution < 1.29 is 4.79 Å². The van der Waals surface area contributed by atoms with Crippen LogP contribution < -0.4 is 10.6 Å². The molecule has 0 aliphatic carbocycles. The van der Waals surface area contributed by atoms with Crippen molar-refractivity contribution in [2.45, 2.75) is 39.2 Å². The molecule has 24 heavy (non-hydrogen) atoms. The van der Waals surface area contributed by atoms with Gasteiger partial charge in [0.2, 0.25) is 5.91 Å². The van der Waals surface area contributed by atoms with Crippen molar-refractivity contribution in [3.63, 3.8) is 0 Å². The maximum Gasteiger partial charge on any atom is 0.238 e. The van der Waals surface area contributed by atoms with Crippen molar-refractivity contribution in [1.82, 2.24) is 5.32 Å². The Kier molecular flexibility index (Phi) is 6.83. The van der Waals surface area contributed by atoms with Gasteiger partial charge < -0.3 is 10.6 Å². The third-order valence-electron chi connectivity index (χ3n) is 4.32. The van der Waals surface area contributed by atoms with Gasteiger partial charge in [-0.05, 0) is 48.6 Å². The maximum absolute atomic E-state index is 12.3. The minimum absolute atomic E-state index is 0.0356. The van der Waals surface area contributed by atoms with Gasteiger partial charge in [0.05, 0.1) is 6.54 Å². The summed E-state index contributed by atoms with van der Waals surface area (Å²) in [5, 5.41) is 6.98. The maximum atomic E-state index is 12.3. The van der Waals surface area contributed by atoms with E-state index in [1.54, 1.807) is 0 Å². The normalized spacial score (nSPS) is 13.3. The van der Waals surface area contributed by atoms with Gasteiger partial charge in [-0.3, -0.25) is 4.79 Å². The van der Waals surface area contributed by atoms with E-state index in [9.17, 15) is 4.79 Å². The lowest BCUT2D eigenvalue weighted by Gasteiger charge is -2.17. The van der Waals surface area contributed by atoms with Crippen LogP contribution in [0.2, 0.25) is 5.02 Å². The van der Waals surface area contributed by atoms with E-state index in [1.807, 2.05) is 49.4 Å². The fraction of sp³-hybridized carbons (Fsp3) is 0.350. The third kappa shape index (κ3) is 5.08. The zero-order valence-corrected chi connectivity index (χ0v) is 15.2. The molecule has 0 heterocycles. The number of carbonyl (C=O) groups is 1. The van der Waals surface area contributed by atoms with Gasteiger partial charge in [0.1, 0.15) is 0 Å². The molecule has 0 aliphatic heterocycles. The van der Waals surface area contributed by atoms with Crippen LogP contribution in [0.1, 0.15) is 50.3 Å². The summed E-state index contributed by atoms with van der Waals surface area (Å²) in [4.78, 5) is 12.3. The van der Waals surface area contributed by atoms with E-state index in [2.05, 4.69) is 30.5 Å². The van der Waals surface area contributed by atoms with Crippen LogP contribution in [0.25, 0.3) is 0 Å². The highest BCUT2D eigenvalue weighted by Crippen LogP contribution is 2.26. The van der Waals surface area contributed by atoms with Crippen LogP contribution in [-0.2, 0) is 4.79 Å². The van der Waals surface area contributed by atoms with E-state index >= 15 is 0 Å². The van der Waals surface area contributed by atoms with E-state index < -0.39 is 0 Å². The Morgan fingerprint density at radius 2 is 1.75 bits per heavy atom.